The summed E-state index contributed by atoms with van der Waals surface area (Å²) in [7, 11) is -1.44. The Morgan fingerprint density at radius 2 is 1.83 bits per heavy atom. The number of hydrogen-bond donors (Lipinski definition) is 2. The first kappa shape index (κ1) is 13.6. The third-order valence-corrected chi connectivity index (χ3v) is 3.07. The van der Waals surface area contributed by atoms with Crippen LogP contribution in [0.5, 0.6) is 0 Å². The molecule has 0 aliphatic carbocycles. The van der Waals surface area contributed by atoms with Crippen molar-refractivity contribution in [3.63, 3.8) is 0 Å². The molecule has 5 heteroatoms. The molecule has 0 aromatic heterocycles. The molecule has 4 nitrogen and oxygen atoms in total. The maximum absolute atomic E-state index is 9.04. The minimum Gasteiger partial charge on any atom is -0.423 e. The van der Waals surface area contributed by atoms with Crippen molar-refractivity contribution in [3.8, 4) is 0 Å². The summed E-state index contributed by atoms with van der Waals surface area (Å²) in [5.41, 5.74) is 1.14. The van der Waals surface area contributed by atoms with Gasteiger partial charge in [-0.2, -0.15) is 0 Å². The Kier molecular flexibility index (Phi) is 3.78. The van der Waals surface area contributed by atoms with Crippen LogP contribution in [0.25, 0.3) is 0 Å². The van der Waals surface area contributed by atoms with Gasteiger partial charge < -0.3 is 19.5 Å². The zero-order chi connectivity index (χ0) is 13.3. The van der Waals surface area contributed by atoms with Gasteiger partial charge in [-0.3, -0.25) is 0 Å². The second-order valence-electron chi connectivity index (χ2n) is 5.40. The molecule has 1 heterocycles. The van der Waals surface area contributed by atoms with Crippen molar-refractivity contribution in [1.29, 1.82) is 0 Å². The summed E-state index contributed by atoms with van der Waals surface area (Å²) < 4.78 is 11.6. The van der Waals surface area contributed by atoms with Crippen LogP contribution in [0.4, 0.5) is 0 Å². The Hall–Kier alpha value is -0.875. The second kappa shape index (κ2) is 5.01. The van der Waals surface area contributed by atoms with Crippen molar-refractivity contribution >= 4 is 12.6 Å². The predicted molar refractivity (Wildman–Crippen MR) is 69.3 cm³/mol. The van der Waals surface area contributed by atoms with Gasteiger partial charge in [-0.25, -0.2) is 0 Å². The van der Waals surface area contributed by atoms with E-state index < -0.39 is 13.4 Å². The average molecular weight is 250 g/mol. The van der Waals surface area contributed by atoms with Crippen LogP contribution in [0.15, 0.2) is 24.3 Å². The maximum Gasteiger partial charge on any atom is 0.488 e. The van der Waals surface area contributed by atoms with Crippen LogP contribution in [0.2, 0.25) is 0 Å². The predicted octanol–water partition coefficient (Wildman–Crippen LogP) is 0.969. The lowest BCUT2D eigenvalue weighted by atomic mass is 9.80. The van der Waals surface area contributed by atoms with Crippen LogP contribution in [0, 0.1) is 0 Å². The number of benzene rings is 1. The highest BCUT2D eigenvalue weighted by Gasteiger charge is 2.34. The molecule has 2 rings (SSSR count). The normalized spacial score (nSPS) is 26.9. The first-order valence-corrected chi connectivity index (χ1v) is 6.17. The summed E-state index contributed by atoms with van der Waals surface area (Å²) in [4.78, 5) is 0. The topological polar surface area (TPSA) is 58.9 Å². The van der Waals surface area contributed by atoms with E-state index in [2.05, 4.69) is 0 Å². The zero-order valence-corrected chi connectivity index (χ0v) is 11.0. The standard InChI is InChI=1S/C13H19BO4/c1-9-8-13(2,3)18-12(17-9)10-4-6-11(7-5-10)14(15)16/h4-7,9,12,15-16H,8H2,1-3H3/t9-,12-/m0/s1. The van der Waals surface area contributed by atoms with E-state index in [1.165, 1.54) is 0 Å². The van der Waals surface area contributed by atoms with Crippen LogP contribution < -0.4 is 5.46 Å². The van der Waals surface area contributed by atoms with Crippen molar-refractivity contribution in [2.24, 2.45) is 0 Å². The highest BCUT2D eigenvalue weighted by molar-refractivity contribution is 6.58. The van der Waals surface area contributed by atoms with Crippen LogP contribution in [-0.2, 0) is 9.47 Å². The smallest absolute Gasteiger partial charge is 0.423 e. The largest absolute Gasteiger partial charge is 0.488 e. The Morgan fingerprint density at radius 3 is 2.33 bits per heavy atom. The van der Waals surface area contributed by atoms with Gasteiger partial charge in [-0.15, -0.1) is 0 Å². The second-order valence-corrected chi connectivity index (χ2v) is 5.40. The van der Waals surface area contributed by atoms with E-state index in [4.69, 9.17) is 19.5 Å². The molecule has 0 unspecified atom stereocenters. The van der Waals surface area contributed by atoms with Gasteiger partial charge in [-0.05, 0) is 26.2 Å². The molecule has 1 aromatic carbocycles. The summed E-state index contributed by atoms with van der Waals surface area (Å²) in [6, 6.07) is 6.93. The zero-order valence-electron chi connectivity index (χ0n) is 11.0. The van der Waals surface area contributed by atoms with Crippen molar-refractivity contribution in [2.45, 2.75) is 45.2 Å². The molecule has 1 saturated heterocycles. The van der Waals surface area contributed by atoms with Crippen molar-refractivity contribution < 1.29 is 19.5 Å². The Bertz CT molecular complexity index is 402. The SMILES string of the molecule is C[C@H]1CC(C)(C)O[C@@H](c2ccc(B(O)O)cc2)O1. The third-order valence-electron chi connectivity index (χ3n) is 3.07. The lowest BCUT2D eigenvalue weighted by Crippen LogP contribution is -2.39. The molecule has 0 saturated carbocycles. The monoisotopic (exact) mass is 250 g/mol. The Balaban J connectivity index is 2.15. The first-order valence-electron chi connectivity index (χ1n) is 6.17. The Morgan fingerprint density at radius 1 is 1.22 bits per heavy atom. The third kappa shape index (κ3) is 3.11. The summed E-state index contributed by atoms with van der Waals surface area (Å²) >= 11 is 0. The van der Waals surface area contributed by atoms with E-state index in [1.54, 1.807) is 24.3 Å². The van der Waals surface area contributed by atoms with Crippen LogP contribution in [-0.4, -0.2) is 28.9 Å². The highest BCUT2D eigenvalue weighted by Crippen LogP contribution is 2.35. The van der Waals surface area contributed by atoms with Gasteiger partial charge in [0.15, 0.2) is 6.29 Å². The molecule has 2 atom stereocenters. The van der Waals surface area contributed by atoms with Gasteiger partial charge in [0.25, 0.3) is 0 Å². The lowest BCUT2D eigenvalue weighted by Gasteiger charge is -2.39. The van der Waals surface area contributed by atoms with Gasteiger partial charge in [0.05, 0.1) is 11.7 Å². The van der Waals surface area contributed by atoms with Gasteiger partial charge in [0.1, 0.15) is 0 Å². The molecule has 1 aromatic rings. The van der Waals surface area contributed by atoms with Gasteiger partial charge in [0.2, 0.25) is 0 Å². The molecule has 1 aliphatic rings. The molecule has 1 fully saturated rings. The highest BCUT2D eigenvalue weighted by atomic mass is 16.7. The molecule has 0 spiro atoms. The van der Waals surface area contributed by atoms with E-state index in [9.17, 15) is 0 Å². The summed E-state index contributed by atoms with van der Waals surface area (Å²) in [6.45, 7) is 6.12. The summed E-state index contributed by atoms with van der Waals surface area (Å²) in [5, 5.41) is 18.1. The minimum atomic E-state index is -1.44. The van der Waals surface area contributed by atoms with E-state index in [-0.39, 0.29) is 11.7 Å². The van der Waals surface area contributed by atoms with E-state index >= 15 is 0 Å². The fourth-order valence-electron chi connectivity index (χ4n) is 2.29. The number of hydrogen-bond acceptors (Lipinski definition) is 4. The first-order chi connectivity index (χ1) is 8.37. The molecule has 0 bridgehead atoms. The van der Waals surface area contributed by atoms with Crippen LogP contribution in [0.3, 0.4) is 0 Å². The van der Waals surface area contributed by atoms with Crippen molar-refractivity contribution in [1.82, 2.24) is 0 Å². The van der Waals surface area contributed by atoms with Gasteiger partial charge in [0, 0.05) is 12.0 Å². The van der Waals surface area contributed by atoms with E-state index in [1.807, 2.05) is 20.8 Å². The molecule has 2 N–H and O–H groups in total. The fourth-order valence-corrected chi connectivity index (χ4v) is 2.29. The van der Waals surface area contributed by atoms with Gasteiger partial charge in [-0.1, -0.05) is 24.3 Å². The minimum absolute atomic E-state index is 0.141. The number of ether oxygens (including phenoxy) is 2. The fraction of sp³-hybridized carbons (Fsp3) is 0.538. The van der Waals surface area contributed by atoms with E-state index in [0.29, 0.717) is 5.46 Å². The molecular weight excluding hydrogens is 231 g/mol. The Labute approximate surface area is 108 Å². The van der Waals surface area contributed by atoms with E-state index in [0.717, 1.165) is 12.0 Å². The quantitative estimate of drug-likeness (QED) is 0.768. The molecule has 18 heavy (non-hydrogen) atoms. The van der Waals surface area contributed by atoms with Crippen molar-refractivity contribution in [3.05, 3.63) is 29.8 Å². The maximum atomic E-state index is 9.04. The van der Waals surface area contributed by atoms with Gasteiger partial charge >= 0.3 is 7.12 Å². The lowest BCUT2D eigenvalue weighted by molar-refractivity contribution is -0.273. The summed E-state index contributed by atoms with van der Waals surface area (Å²) in [6.07, 6.45) is 0.604. The van der Waals surface area contributed by atoms with Crippen LogP contribution in [0.1, 0.15) is 39.0 Å². The molecule has 0 amide bonds. The molecule has 98 valence electrons. The molecule has 0 radical (unpaired) electrons. The summed E-state index contributed by atoms with van der Waals surface area (Å²) in [5.74, 6) is 0. The molecular formula is C13H19BO4. The average Bonchev–Trinajstić information content (AvgIpc) is 2.26. The number of rotatable bonds is 2. The van der Waals surface area contributed by atoms with Crippen molar-refractivity contribution in [2.75, 3.05) is 0 Å². The molecule has 1 aliphatic heterocycles. The van der Waals surface area contributed by atoms with Crippen LogP contribution >= 0.6 is 0 Å².